The molecule has 1 aromatic heterocycles. The van der Waals surface area contributed by atoms with E-state index < -0.39 is 0 Å². The molecule has 0 atom stereocenters. The van der Waals surface area contributed by atoms with Crippen LogP contribution in [0.2, 0.25) is 0 Å². The van der Waals surface area contributed by atoms with Crippen molar-refractivity contribution in [3.8, 4) is 11.5 Å². The van der Waals surface area contributed by atoms with Gasteiger partial charge in [-0.05, 0) is 36.8 Å². The highest BCUT2D eigenvalue weighted by molar-refractivity contribution is 5.87. The van der Waals surface area contributed by atoms with Gasteiger partial charge in [0.05, 0.1) is 18.6 Å². The number of pyridine rings is 1. The second kappa shape index (κ2) is 8.02. The molecular weight excluding hydrogens is 274 g/mol. The molecule has 22 heavy (non-hydrogen) atoms. The first-order valence-electron chi connectivity index (χ1n) is 8.42. The fourth-order valence-corrected chi connectivity index (χ4v) is 2.63. The average molecular weight is 302 g/mol. The van der Waals surface area contributed by atoms with Crippen LogP contribution in [0.4, 0.5) is 0 Å². The summed E-state index contributed by atoms with van der Waals surface area (Å²) in [5.41, 5.74) is 1.35. The lowest BCUT2D eigenvalue weighted by atomic mass is 10.1. The van der Waals surface area contributed by atoms with E-state index >= 15 is 0 Å². The van der Waals surface area contributed by atoms with E-state index in [9.17, 15) is 0 Å². The van der Waals surface area contributed by atoms with Crippen LogP contribution in [0.5, 0.6) is 11.5 Å². The fraction of sp³-hybridized carbons (Fsp3) is 0.526. The smallest absolute Gasteiger partial charge is 0.189 e. The van der Waals surface area contributed by atoms with E-state index in [1.54, 1.807) is 0 Å². The van der Waals surface area contributed by atoms with Crippen LogP contribution < -0.4 is 14.0 Å². The van der Waals surface area contributed by atoms with Crippen LogP contribution in [0.1, 0.15) is 45.7 Å². The van der Waals surface area contributed by atoms with Gasteiger partial charge in [-0.1, -0.05) is 20.8 Å². The molecule has 2 rings (SSSR count). The van der Waals surface area contributed by atoms with Crippen LogP contribution in [0, 0.1) is 0 Å². The highest BCUT2D eigenvalue weighted by Gasteiger charge is 2.15. The Morgan fingerprint density at radius 1 is 0.909 bits per heavy atom. The summed E-state index contributed by atoms with van der Waals surface area (Å²) in [6, 6.07) is 6.42. The van der Waals surface area contributed by atoms with E-state index in [0.717, 1.165) is 50.4 Å². The van der Waals surface area contributed by atoms with E-state index in [1.165, 1.54) is 16.5 Å². The van der Waals surface area contributed by atoms with Crippen LogP contribution in [-0.4, -0.2) is 13.2 Å². The zero-order valence-corrected chi connectivity index (χ0v) is 14.3. The van der Waals surface area contributed by atoms with Crippen molar-refractivity contribution in [3.63, 3.8) is 0 Å². The number of aromatic nitrogens is 1. The minimum atomic E-state index is 0.718. The zero-order valence-electron chi connectivity index (χ0n) is 14.3. The Morgan fingerprint density at radius 2 is 1.55 bits per heavy atom. The summed E-state index contributed by atoms with van der Waals surface area (Å²) in [6.07, 6.45) is 6.32. The number of fused-ring (bicyclic) bond motifs is 1. The molecule has 0 saturated carbocycles. The Labute approximate surface area is 133 Å². The van der Waals surface area contributed by atoms with E-state index in [4.69, 9.17) is 9.47 Å². The van der Waals surface area contributed by atoms with Crippen LogP contribution in [0.25, 0.3) is 10.8 Å². The maximum atomic E-state index is 5.93. The Kier molecular flexibility index (Phi) is 6.05. The van der Waals surface area contributed by atoms with Crippen LogP contribution in [-0.2, 0) is 13.5 Å². The minimum absolute atomic E-state index is 0.718. The standard InChI is InChI=1S/C19H28NO2/c1-5-8-17-16-14-19(22-12-7-3)18(21-11-6-2)13-15(16)9-10-20(17)4/h9-10,13-14H,5-8,11-12H2,1-4H3/q+1. The SMILES string of the molecule is CCCOc1cc2cc[n+](C)c(CCC)c2cc1OCCC. The second-order valence-corrected chi connectivity index (χ2v) is 5.71. The summed E-state index contributed by atoms with van der Waals surface area (Å²) in [6.45, 7) is 7.89. The molecule has 0 amide bonds. The molecule has 0 N–H and O–H groups in total. The molecule has 0 bridgehead atoms. The van der Waals surface area contributed by atoms with Crippen molar-refractivity contribution in [1.29, 1.82) is 0 Å². The Balaban J connectivity index is 2.52. The second-order valence-electron chi connectivity index (χ2n) is 5.71. The molecule has 0 spiro atoms. The molecule has 0 aliphatic heterocycles. The molecule has 3 heteroatoms. The lowest BCUT2D eigenvalue weighted by molar-refractivity contribution is -0.677. The third kappa shape index (κ3) is 3.70. The first-order valence-corrected chi connectivity index (χ1v) is 8.42. The third-order valence-electron chi connectivity index (χ3n) is 3.74. The van der Waals surface area contributed by atoms with Crippen molar-refractivity contribution < 1.29 is 14.0 Å². The molecule has 1 heterocycles. The van der Waals surface area contributed by atoms with Gasteiger partial charge in [-0.25, -0.2) is 4.57 Å². The number of benzene rings is 1. The summed E-state index contributed by atoms with van der Waals surface area (Å²) in [4.78, 5) is 0. The normalized spacial score (nSPS) is 10.9. The summed E-state index contributed by atoms with van der Waals surface area (Å²) in [5, 5.41) is 2.48. The number of hydrogen-bond donors (Lipinski definition) is 0. The van der Waals surface area contributed by atoms with Crippen molar-refractivity contribution in [3.05, 3.63) is 30.1 Å². The lowest BCUT2D eigenvalue weighted by Crippen LogP contribution is -2.33. The van der Waals surface area contributed by atoms with Gasteiger partial charge in [0.1, 0.15) is 7.05 Å². The fourth-order valence-electron chi connectivity index (χ4n) is 2.63. The molecule has 1 aromatic carbocycles. The molecule has 0 saturated heterocycles. The van der Waals surface area contributed by atoms with Gasteiger partial charge in [-0.2, -0.15) is 0 Å². The van der Waals surface area contributed by atoms with Gasteiger partial charge in [0, 0.05) is 12.5 Å². The maximum Gasteiger partial charge on any atom is 0.189 e. The molecule has 0 fully saturated rings. The first kappa shape index (κ1) is 16.6. The van der Waals surface area contributed by atoms with Gasteiger partial charge in [0.15, 0.2) is 23.4 Å². The maximum absolute atomic E-state index is 5.93. The number of aryl methyl sites for hydroxylation is 2. The van der Waals surface area contributed by atoms with Crippen molar-refractivity contribution >= 4 is 10.8 Å². The van der Waals surface area contributed by atoms with E-state index in [-0.39, 0.29) is 0 Å². The van der Waals surface area contributed by atoms with Gasteiger partial charge in [0.2, 0.25) is 0 Å². The van der Waals surface area contributed by atoms with Crippen LogP contribution >= 0.6 is 0 Å². The molecule has 2 aromatic rings. The third-order valence-corrected chi connectivity index (χ3v) is 3.74. The molecule has 120 valence electrons. The molecule has 0 aliphatic rings. The molecule has 0 aliphatic carbocycles. The van der Waals surface area contributed by atoms with Gasteiger partial charge in [-0.3, -0.25) is 0 Å². The lowest BCUT2D eigenvalue weighted by Gasteiger charge is -2.14. The summed E-state index contributed by atoms with van der Waals surface area (Å²) in [5.74, 6) is 1.73. The number of ether oxygens (including phenoxy) is 2. The molecular formula is C19H28NO2+. The van der Waals surface area contributed by atoms with Crippen LogP contribution in [0.3, 0.4) is 0 Å². The van der Waals surface area contributed by atoms with Gasteiger partial charge >= 0.3 is 0 Å². The monoisotopic (exact) mass is 302 g/mol. The van der Waals surface area contributed by atoms with Crippen molar-refractivity contribution in [2.24, 2.45) is 7.05 Å². The first-order chi connectivity index (χ1) is 10.7. The summed E-state index contributed by atoms with van der Waals surface area (Å²) in [7, 11) is 2.11. The van der Waals surface area contributed by atoms with Gasteiger partial charge in [0.25, 0.3) is 0 Å². The molecule has 0 radical (unpaired) electrons. The topological polar surface area (TPSA) is 22.3 Å². The highest BCUT2D eigenvalue weighted by atomic mass is 16.5. The minimum Gasteiger partial charge on any atom is -0.490 e. The zero-order chi connectivity index (χ0) is 15.9. The molecule has 3 nitrogen and oxygen atoms in total. The van der Waals surface area contributed by atoms with Crippen molar-refractivity contribution in [2.45, 2.75) is 46.5 Å². The number of hydrogen-bond acceptors (Lipinski definition) is 2. The van der Waals surface area contributed by atoms with Crippen LogP contribution in [0.15, 0.2) is 24.4 Å². The van der Waals surface area contributed by atoms with E-state index in [2.05, 4.69) is 56.8 Å². The quantitative estimate of drug-likeness (QED) is 0.682. The van der Waals surface area contributed by atoms with Crippen molar-refractivity contribution in [2.75, 3.05) is 13.2 Å². The van der Waals surface area contributed by atoms with Gasteiger partial charge in [-0.15, -0.1) is 0 Å². The highest BCUT2D eigenvalue weighted by Crippen LogP contribution is 2.33. The van der Waals surface area contributed by atoms with Gasteiger partial charge < -0.3 is 9.47 Å². The Morgan fingerprint density at radius 3 is 2.14 bits per heavy atom. The van der Waals surface area contributed by atoms with E-state index in [0.29, 0.717) is 0 Å². The largest absolute Gasteiger partial charge is 0.490 e. The van der Waals surface area contributed by atoms with Crippen molar-refractivity contribution in [1.82, 2.24) is 0 Å². The summed E-state index contributed by atoms with van der Waals surface area (Å²) >= 11 is 0. The summed E-state index contributed by atoms with van der Waals surface area (Å²) < 4.78 is 14.0. The number of nitrogens with zero attached hydrogens (tertiary/aromatic N) is 1. The van der Waals surface area contributed by atoms with E-state index in [1.807, 2.05) is 0 Å². The Hall–Kier alpha value is -1.77. The predicted molar refractivity (Wildman–Crippen MR) is 90.7 cm³/mol. The average Bonchev–Trinajstić information content (AvgIpc) is 2.53. The number of rotatable bonds is 8. The molecule has 0 unspecified atom stereocenters. The predicted octanol–water partition coefficient (Wildman–Crippen LogP) is 4.19. The Bertz CT molecular complexity index is 622.